The SMILES string of the molecule is CCOC(=O)c1[nH]cc(-c2ccccc2OCc2ccccc2)c1[N+](=O)[O-]. The Hall–Kier alpha value is -3.61. The Labute approximate surface area is 155 Å². The zero-order valence-electron chi connectivity index (χ0n) is 14.7. The van der Waals surface area contributed by atoms with E-state index in [0.29, 0.717) is 17.9 Å². The lowest BCUT2D eigenvalue weighted by molar-refractivity contribution is -0.384. The fourth-order valence-electron chi connectivity index (χ4n) is 2.72. The van der Waals surface area contributed by atoms with Crippen LogP contribution in [0.3, 0.4) is 0 Å². The van der Waals surface area contributed by atoms with Crippen LogP contribution in [0, 0.1) is 10.1 Å². The second-order valence-electron chi connectivity index (χ2n) is 5.67. The molecular weight excluding hydrogens is 348 g/mol. The Morgan fingerprint density at radius 2 is 1.78 bits per heavy atom. The van der Waals surface area contributed by atoms with Crippen LogP contribution < -0.4 is 4.74 Å². The third-order valence-corrected chi connectivity index (χ3v) is 3.93. The number of aromatic nitrogens is 1. The van der Waals surface area contributed by atoms with E-state index in [1.165, 1.54) is 6.20 Å². The van der Waals surface area contributed by atoms with Crippen molar-refractivity contribution in [3.8, 4) is 16.9 Å². The molecule has 138 valence electrons. The van der Waals surface area contributed by atoms with Gasteiger partial charge in [-0.25, -0.2) is 4.79 Å². The molecule has 1 N–H and O–H groups in total. The van der Waals surface area contributed by atoms with Crippen LogP contribution in [0.5, 0.6) is 5.75 Å². The predicted molar refractivity (Wildman–Crippen MR) is 99.6 cm³/mol. The van der Waals surface area contributed by atoms with E-state index in [1.807, 2.05) is 30.3 Å². The van der Waals surface area contributed by atoms with Crippen LogP contribution in [0.4, 0.5) is 5.69 Å². The number of rotatable bonds is 7. The highest BCUT2D eigenvalue weighted by atomic mass is 16.6. The van der Waals surface area contributed by atoms with Crippen molar-refractivity contribution in [3.05, 3.63) is 82.2 Å². The highest BCUT2D eigenvalue weighted by Crippen LogP contribution is 2.38. The van der Waals surface area contributed by atoms with Crippen molar-refractivity contribution in [3.63, 3.8) is 0 Å². The number of H-pyrrole nitrogens is 1. The molecule has 0 spiro atoms. The van der Waals surface area contributed by atoms with E-state index in [1.54, 1.807) is 31.2 Å². The van der Waals surface area contributed by atoms with E-state index in [-0.39, 0.29) is 23.6 Å². The van der Waals surface area contributed by atoms with Gasteiger partial charge in [-0.3, -0.25) is 10.1 Å². The molecule has 0 aliphatic heterocycles. The monoisotopic (exact) mass is 366 g/mol. The van der Waals surface area contributed by atoms with Gasteiger partial charge in [0.2, 0.25) is 5.69 Å². The number of carbonyl (C=O) groups excluding carboxylic acids is 1. The van der Waals surface area contributed by atoms with E-state index in [0.717, 1.165) is 5.56 Å². The third kappa shape index (κ3) is 3.98. The van der Waals surface area contributed by atoms with E-state index in [4.69, 9.17) is 9.47 Å². The number of para-hydroxylation sites is 1. The summed E-state index contributed by atoms with van der Waals surface area (Å²) in [4.78, 5) is 25.7. The van der Waals surface area contributed by atoms with Crippen molar-refractivity contribution in [2.24, 2.45) is 0 Å². The Balaban J connectivity index is 1.97. The Kier molecular flexibility index (Phi) is 5.51. The Morgan fingerprint density at radius 1 is 1.07 bits per heavy atom. The average molecular weight is 366 g/mol. The van der Waals surface area contributed by atoms with Gasteiger partial charge in [-0.2, -0.15) is 0 Å². The molecule has 0 aliphatic carbocycles. The predicted octanol–water partition coefficient (Wildman–Crippen LogP) is 4.35. The average Bonchev–Trinajstić information content (AvgIpc) is 3.13. The van der Waals surface area contributed by atoms with Gasteiger partial charge in [0, 0.05) is 11.8 Å². The maximum absolute atomic E-state index is 12.0. The number of hydrogen-bond donors (Lipinski definition) is 1. The summed E-state index contributed by atoms with van der Waals surface area (Å²) in [5.41, 5.74) is 1.25. The van der Waals surface area contributed by atoms with E-state index < -0.39 is 10.9 Å². The molecule has 0 fully saturated rings. The van der Waals surface area contributed by atoms with Gasteiger partial charge in [-0.15, -0.1) is 0 Å². The summed E-state index contributed by atoms with van der Waals surface area (Å²) >= 11 is 0. The summed E-state index contributed by atoms with van der Waals surface area (Å²) in [7, 11) is 0. The number of aromatic amines is 1. The molecule has 0 unspecified atom stereocenters. The van der Waals surface area contributed by atoms with Gasteiger partial charge in [-0.1, -0.05) is 48.5 Å². The first-order valence-electron chi connectivity index (χ1n) is 8.40. The lowest BCUT2D eigenvalue weighted by Gasteiger charge is -2.10. The topological polar surface area (TPSA) is 94.5 Å². The first kappa shape index (κ1) is 18.2. The summed E-state index contributed by atoms with van der Waals surface area (Å²) in [6.45, 7) is 2.09. The van der Waals surface area contributed by atoms with Crippen LogP contribution in [0.2, 0.25) is 0 Å². The van der Waals surface area contributed by atoms with Crippen molar-refractivity contribution in [1.82, 2.24) is 4.98 Å². The number of nitro groups is 1. The van der Waals surface area contributed by atoms with Crippen molar-refractivity contribution in [1.29, 1.82) is 0 Å². The zero-order valence-corrected chi connectivity index (χ0v) is 14.7. The van der Waals surface area contributed by atoms with Crippen LogP contribution in [-0.2, 0) is 11.3 Å². The van der Waals surface area contributed by atoms with Crippen LogP contribution >= 0.6 is 0 Å². The fraction of sp³-hybridized carbons (Fsp3) is 0.150. The maximum atomic E-state index is 12.0. The van der Waals surface area contributed by atoms with Gasteiger partial charge in [0.1, 0.15) is 12.4 Å². The van der Waals surface area contributed by atoms with Crippen molar-refractivity contribution < 1.29 is 19.2 Å². The van der Waals surface area contributed by atoms with Gasteiger partial charge in [0.15, 0.2) is 0 Å². The third-order valence-electron chi connectivity index (χ3n) is 3.93. The van der Waals surface area contributed by atoms with Crippen molar-refractivity contribution >= 4 is 11.7 Å². The van der Waals surface area contributed by atoms with Gasteiger partial charge >= 0.3 is 11.7 Å². The number of nitrogens with zero attached hydrogens (tertiary/aromatic N) is 1. The molecule has 0 saturated heterocycles. The standard InChI is InChI=1S/C20H18N2O5/c1-2-26-20(23)18-19(22(24)25)16(12-21-18)15-10-6-7-11-17(15)27-13-14-8-4-3-5-9-14/h3-12,21H,2,13H2,1H3. The Bertz CT molecular complexity index is 950. The second-order valence-corrected chi connectivity index (χ2v) is 5.67. The lowest BCUT2D eigenvalue weighted by atomic mass is 10.1. The minimum Gasteiger partial charge on any atom is -0.488 e. The van der Waals surface area contributed by atoms with Gasteiger partial charge < -0.3 is 14.5 Å². The molecule has 0 amide bonds. The highest BCUT2D eigenvalue weighted by Gasteiger charge is 2.30. The quantitative estimate of drug-likeness (QED) is 0.381. The first-order valence-corrected chi connectivity index (χ1v) is 8.40. The molecular formula is C20H18N2O5. The molecule has 0 atom stereocenters. The summed E-state index contributed by atoms with van der Waals surface area (Å²) in [6.07, 6.45) is 1.43. The van der Waals surface area contributed by atoms with Crippen LogP contribution in [0.15, 0.2) is 60.8 Å². The van der Waals surface area contributed by atoms with Gasteiger partial charge in [0.05, 0.1) is 17.1 Å². The van der Waals surface area contributed by atoms with Crippen LogP contribution in [-0.4, -0.2) is 22.5 Å². The van der Waals surface area contributed by atoms with Crippen molar-refractivity contribution in [2.75, 3.05) is 6.61 Å². The number of benzene rings is 2. The summed E-state index contributed by atoms with van der Waals surface area (Å²) in [5, 5.41) is 11.6. The molecule has 7 nitrogen and oxygen atoms in total. The summed E-state index contributed by atoms with van der Waals surface area (Å²) in [6, 6.07) is 16.6. The number of nitrogens with one attached hydrogen (secondary N) is 1. The zero-order chi connectivity index (χ0) is 19.2. The molecule has 3 aromatic rings. The maximum Gasteiger partial charge on any atom is 0.361 e. The minimum absolute atomic E-state index is 0.126. The number of ether oxygens (including phenoxy) is 2. The second kappa shape index (κ2) is 8.18. The lowest BCUT2D eigenvalue weighted by Crippen LogP contribution is -2.07. The minimum atomic E-state index is -0.766. The van der Waals surface area contributed by atoms with Crippen molar-refractivity contribution in [2.45, 2.75) is 13.5 Å². The number of carbonyl (C=O) groups is 1. The van der Waals surface area contributed by atoms with E-state index in [2.05, 4.69) is 4.98 Å². The van der Waals surface area contributed by atoms with Gasteiger partial charge in [0.25, 0.3) is 0 Å². The molecule has 3 rings (SSSR count). The largest absolute Gasteiger partial charge is 0.488 e. The smallest absolute Gasteiger partial charge is 0.361 e. The Morgan fingerprint density at radius 3 is 2.48 bits per heavy atom. The molecule has 0 aliphatic rings. The van der Waals surface area contributed by atoms with E-state index >= 15 is 0 Å². The summed E-state index contributed by atoms with van der Waals surface area (Å²) in [5.74, 6) is -0.281. The molecule has 0 saturated carbocycles. The fourth-order valence-corrected chi connectivity index (χ4v) is 2.72. The summed E-state index contributed by atoms with van der Waals surface area (Å²) < 4.78 is 10.8. The highest BCUT2D eigenvalue weighted by molar-refractivity contribution is 5.97. The molecule has 0 radical (unpaired) electrons. The normalized spacial score (nSPS) is 10.4. The molecule has 0 bridgehead atoms. The number of hydrogen-bond acceptors (Lipinski definition) is 5. The molecule has 1 heterocycles. The molecule has 27 heavy (non-hydrogen) atoms. The van der Waals surface area contributed by atoms with Gasteiger partial charge in [-0.05, 0) is 18.6 Å². The van der Waals surface area contributed by atoms with Crippen LogP contribution in [0.25, 0.3) is 11.1 Å². The van der Waals surface area contributed by atoms with E-state index in [9.17, 15) is 14.9 Å². The van der Waals surface area contributed by atoms with Crippen LogP contribution in [0.1, 0.15) is 23.0 Å². The number of esters is 1. The molecule has 2 aromatic carbocycles. The first-order chi connectivity index (χ1) is 13.1. The molecule has 7 heteroatoms. The molecule has 1 aromatic heterocycles.